The van der Waals surface area contributed by atoms with Gasteiger partial charge in [0.05, 0.1) is 19.6 Å². The van der Waals surface area contributed by atoms with Crippen LogP contribution in [0.25, 0.3) is 0 Å². The van der Waals surface area contributed by atoms with Crippen molar-refractivity contribution in [3.8, 4) is 0 Å². The Morgan fingerprint density at radius 3 is 2.68 bits per heavy atom. The Kier molecular flexibility index (Phi) is 5.39. The second-order valence-corrected chi connectivity index (χ2v) is 7.35. The fraction of sp³-hybridized carbons (Fsp3) is 0.632. The van der Waals surface area contributed by atoms with E-state index in [1.807, 2.05) is 36.1 Å². The molecular weight excluding hydrogens is 326 g/mol. The Labute approximate surface area is 147 Å². The molecule has 25 heavy (non-hydrogen) atoms. The van der Waals surface area contributed by atoms with Gasteiger partial charge in [-0.05, 0) is 25.3 Å². The number of piperidine rings is 1. The fourth-order valence-corrected chi connectivity index (χ4v) is 4.07. The first kappa shape index (κ1) is 18.3. The summed E-state index contributed by atoms with van der Waals surface area (Å²) in [6, 6.07) is 7.48. The number of nitrogens with zero attached hydrogens (tertiary/aromatic N) is 2. The number of rotatable bonds is 4. The number of halogens is 2. The van der Waals surface area contributed by atoms with Crippen molar-refractivity contribution in [3.05, 3.63) is 35.4 Å². The predicted octanol–water partition coefficient (Wildman–Crippen LogP) is 2.23. The normalized spacial score (nSPS) is 24.6. The minimum absolute atomic E-state index is 0.0218. The highest BCUT2D eigenvalue weighted by atomic mass is 19.3. The van der Waals surface area contributed by atoms with Crippen LogP contribution in [-0.4, -0.2) is 65.1 Å². The van der Waals surface area contributed by atoms with Crippen molar-refractivity contribution in [1.82, 2.24) is 9.80 Å². The minimum Gasteiger partial charge on any atom is -0.395 e. The second kappa shape index (κ2) is 7.38. The van der Waals surface area contributed by atoms with E-state index in [4.69, 9.17) is 0 Å². The zero-order chi connectivity index (χ0) is 18.0. The molecule has 3 rings (SSSR count). The summed E-state index contributed by atoms with van der Waals surface area (Å²) in [5, 5.41) is 9.39. The smallest absolute Gasteiger partial charge is 0.262 e. The molecule has 0 unspecified atom stereocenters. The van der Waals surface area contributed by atoms with Crippen molar-refractivity contribution in [2.45, 2.75) is 50.6 Å². The van der Waals surface area contributed by atoms with Crippen LogP contribution in [0.2, 0.25) is 0 Å². The zero-order valence-electron chi connectivity index (χ0n) is 14.6. The van der Waals surface area contributed by atoms with Crippen LogP contribution in [0, 0.1) is 6.92 Å². The van der Waals surface area contributed by atoms with Crippen LogP contribution in [0.1, 0.15) is 30.4 Å². The summed E-state index contributed by atoms with van der Waals surface area (Å²) in [4.78, 5) is 16.1. The molecular formula is C19H26F2N2O2. The van der Waals surface area contributed by atoms with E-state index in [0.29, 0.717) is 32.4 Å². The molecule has 1 amide bonds. The molecule has 0 aliphatic carbocycles. The number of carbonyl (C=O) groups is 1. The lowest BCUT2D eigenvalue weighted by molar-refractivity contribution is -0.132. The Bertz CT molecular complexity index is 615. The van der Waals surface area contributed by atoms with E-state index in [9.17, 15) is 18.7 Å². The van der Waals surface area contributed by atoms with Gasteiger partial charge in [-0.25, -0.2) is 8.78 Å². The van der Waals surface area contributed by atoms with Gasteiger partial charge in [0.2, 0.25) is 5.91 Å². The first-order chi connectivity index (χ1) is 11.9. The molecule has 0 bridgehead atoms. The third-order valence-corrected chi connectivity index (χ3v) is 5.35. The number of alkyl halides is 2. The molecule has 2 aliphatic heterocycles. The fourth-order valence-electron chi connectivity index (χ4n) is 4.07. The summed E-state index contributed by atoms with van der Waals surface area (Å²) in [6.07, 6.45) is 1.49. The van der Waals surface area contributed by atoms with E-state index in [-0.39, 0.29) is 31.5 Å². The molecule has 1 N–H and O–H groups in total. The summed E-state index contributed by atoms with van der Waals surface area (Å²) in [5.41, 5.74) is 2.14. The maximum Gasteiger partial charge on any atom is 0.262 e. The molecule has 2 saturated heterocycles. The van der Waals surface area contributed by atoms with Crippen LogP contribution in [0.4, 0.5) is 8.78 Å². The third kappa shape index (κ3) is 4.36. The van der Waals surface area contributed by atoms with Gasteiger partial charge in [0.25, 0.3) is 5.92 Å². The molecule has 0 radical (unpaired) electrons. The molecule has 1 aromatic carbocycles. The molecule has 4 nitrogen and oxygen atoms in total. The number of aliphatic hydroxyl groups is 1. The summed E-state index contributed by atoms with van der Waals surface area (Å²) >= 11 is 0. The monoisotopic (exact) mass is 352 g/mol. The lowest BCUT2D eigenvalue weighted by Crippen LogP contribution is -2.49. The van der Waals surface area contributed by atoms with E-state index < -0.39 is 12.0 Å². The summed E-state index contributed by atoms with van der Waals surface area (Å²) in [6.45, 7) is 2.68. The Morgan fingerprint density at radius 1 is 1.32 bits per heavy atom. The van der Waals surface area contributed by atoms with Crippen molar-refractivity contribution >= 4 is 5.91 Å². The quantitative estimate of drug-likeness (QED) is 0.904. The summed E-state index contributed by atoms with van der Waals surface area (Å²) in [5.74, 6) is -2.62. The summed E-state index contributed by atoms with van der Waals surface area (Å²) in [7, 11) is 0. The number of amides is 1. The van der Waals surface area contributed by atoms with Crippen LogP contribution < -0.4 is 0 Å². The number of benzene rings is 1. The predicted molar refractivity (Wildman–Crippen MR) is 91.6 cm³/mol. The average molecular weight is 352 g/mol. The van der Waals surface area contributed by atoms with E-state index in [1.54, 1.807) is 4.90 Å². The topological polar surface area (TPSA) is 43.8 Å². The van der Waals surface area contributed by atoms with Gasteiger partial charge in [0.1, 0.15) is 0 Å². The largest absolute Gasteiger partial charge is 0.395 e. The SMILES string of the molecule is Cc1cccc(CC(=O)N2CCC(N3CC(F)(F)C[C@H]3CO)CC2)c1. The van der Waals surface area contributed by atoms with Gasteiger partial charge in [0.15, 0.2) is 0 Å². The van der Waals surface area contributed by atoms with Crippen molar-refractivity contribution in [2.75, 3.05) is 26.2 Å². The number of aliphatic hydroxyl groups excluding tert-OH is 1. The molecule has 2 aliphatic rings. The maximum atomic E-state index is 13.6. The number of carbonyl (C=O) groups excluding carboxylic acids is 1. The standard InChI is InChI=1S/C19H26F2N2O2/c1-14-3-2-4-15(9-14)10-18(25)22-7-5-16(6-8-22)23-13-19(20,21)11-17(23)12-24/h2-4,9,16-17,24H,5-8,10-13H2,1H3/t17-/m0/s1. The van der Waals surface area contributed by atoms with Crippen LogP contribution in [0.3, 0.4) is 0 Å². The van der Waals surface area contributed by atoms with Crippen molar-refractivity contribution in [2.24, 2.45) is 0 Å². The third-order valence-electron chi connectivity index (χ3n) is 5.35. The molecule has 138 valence electrons. The number of hydrogen-bond donors (Lipinski definition) is 1. The molecule has 2 fully saturated rings. The second-order valence-electron chi connectivity index (χ2n) is 7.35. The molecule has 0 saturated carbocycles. The number of aryl methyl sites for hydroxylation is 1. The minimum atomic E-state index is -2.72. The van der Waals surface area contributed by atoms with Crippen LogP contribution in [-0.2, 0) is 11.2 Å². The van der Waals surface area contributed by atoms with Crippen LogP contribution >= 0.6 is 0 Å². The van der Waals surface area contributed by atoms with Crippen molar-refractivity contribution in [3.63, 3.8) is 0 Å². The van der Waals surface area contributed by atoms with E-state index in [2.05, 4.69) is 0 Å². The maximum absolute atomic E-state index is 13.6. The molecule has 1 atom stereocenters. The van der Waals surface area contributed by atoms with Crippen LogP contribution in [0.15, 0.2) is 24.3 Å². The molecule has 1 aromatic rings. The first-order valence-corrected chi connectivity index (χ1v) is 8.96. The van der Waals surface area contributed by atoms with Crippen molar-refractivity contribution in [1.29, 1.82) is 0 Å². The van der Waals surface area contributed by atoms with Gasteiger partial charge < -0.3 is 10.0 Å². The first-order valence-electron chi connectivity index (χ1n) is 8.96. The zero-order valence-corrected chi connectivity index (χ0v) is 14.6. The average Bonchev–Trinajstić information content (AvgIpc) is 2.90. The highest BCUT2D eigenvalue weighted by molar-refractivity contribution is 5.78. The molecule has 6 heteroatoms. The molecule has 0 aromatic heterocycles. The van der Waals surface area contributed by atoms with Crippen LogP contribution in [0.5, 0.6) is 0 Å². The van der Waals surface area contributed by atoms with Gasteiger partial charge in [-0.15, -0.1) is 0 Å². The van der Waals surface area contributed by atoms with E-state index in [1.165, 1.54) is 0 Å². The highest BCUT2D eigenvalue weighted by Gasteiger charge is 2.47. The highest BCUT2D eigenvalue weighted by Crippen LogP contribution is 2.35. The lowest BCUT2D eigenvalue weighted by Gasteiger charge is -2.38. The van der Waals surface area contributed by atoms with Gasteiger partial charge in [-0.1, -0.05) is 29.8 Å². The van der Waals surface area contributed by atoms with E-state index in [0.717, 1.165) is 11.1 Å². The number of hydrogen-bond acceptors (Lipinski definition) is 3. The Balaban J connectivity index is 1.54. The molecule has 0 spiro atoms. The van der Waals surface area contributed by atoms with Gasteiger partial charge >= 0.3 is 0 Å². The van der Waals surface area contributed by atoms with E-state index >= 15 is 0 Å². The Morgan fingerprint density at radius 2 is 2.04 bits per heavy atom. The van der Waals surface area contributed by atoms with Gasteiger partial charge in [0, 0.05) is 31.6 Å². The number of likely N-dealkylation sites (tertiary alicyclic amines) is 2. The van der Waals surface area contributed by atoms with Crippen molar-refractivity contribution < 1.29 is 18.7 Å². The van der Waals surface area contributed by atoms with Gasteiger partial charge in [-0.3, -0.25) is 9.69 Å². The molecule has 2 heterocycles. The lowest BCUT2D eigenvalue weighted by atomic mass is 10.0. The Hall–Kier alpha value is -1.53. The summed E-state index contributed by atoms with van der Waals surface area (Å²) < 4.78 is 27.3. The van der Waals surface area contributed by atoms with Gasteiger partial charge in [-0.2, -0.15) is 0 Å².